The molecule has 1 rings (SSSR count). The Morgan fingerprint density at radius 3 is 2.33 bits per heavy atom. The molecule has 0 bridgehead atoms. The van der Waals surface area contributed by atoms with Gasteiger partial charge in [-0.1, -0.05) is 6.07 Å². The summed E-state index contributed by atoms with van der Waals surface area (Å²) in [5.41, 5.74) is 9.72. The van der Waals surface area contributed by atoms with Gasteiger partial charge in [-0.25, -0.2) is 0 Å². The van der Waals surface area contributed by atoms with E-state index in [4.69, 9.17) is 10.5 Å². The van der Waals surface area contributed by atoms with Crippen molar-refractivity contribution in [3.63, 3.8) is 0 Å². The molecule has 0 fully saturated rings. The van der Waals surface area contributed by atoms with Crippen molar-refractivity contribution in [2.75, 3.05) is 14.2 Å². The fourth-order valence-electron chi connectivity index (χ4n) is 2.31. The average Bonchev–Trinajstić information content (AvgIpc) is 2.29. The van der Waals surface area contributed by atoms with E-state index in [0.717, 1.165) is 12.2 Å². The Kier molecular flexibility index (Phi) is 4.77. The van der Waals surface area contributed by atoms with Gasteiger partial charge in [0.1, 0.15) is 5.75 Å². The van der Waals surface area contributed by atoms with Crippen LogP contribution in [0.25, 0.3) is 0 Å². The van der Waals surface area contributed by atoms with Crippen LogP contribution >= 0.6 is 0 Å². The molecule has 102 valence electrons. The standard InChI is InChI=1S/C15H26N2O/c1-10-11(2)14(18-6)8-7-12(10)13(17-5)9-15(3,4)16/h7-8,13,17H,9,16H2,1-6H3. The van der Waals surface area contributed by atoms with E-state index >= 15 is 0 Å². The molecule has 0 aliphatic heterocycles. The molecule has 3 nitrogen and oxygen atoms in total. The van der Waals surface area contributed by atoms with Gasteiger partial charge in [0, 0.05) is 11.6 Å². The first kappa shape index (κ1) is 15.0. The van der Waals surface area contributed by atoms with Crippen LogP contribution in [0.1, 0.15) is 43.0 Å². The minimum Gasteiger partial charge on any atom is -0.496 e. The van der Waals surface area contributed by atoms with Gasteiger partial charge in [0.05, 0.1) is 7.11 Å². The lowest BCUT2D eigenvalue weighted by atomic mass is 9.88. The number of benzene rings is 1. The monoisotopic (exact) mass is 250 g/mol. The van der Waals surface area contributed by atoms with Crippen molar-refractivity contribution in [2.24, 2.45) is 5.73 Å². The van der Waals surface area contributed by atoms with Crippen LogP contribution in [-0.2, 0) is 0 Å². The second kappa shape index (κ2) is 5.72. The van der Waals surface area contributed by atoms with E-state index in [9.17, 15) is 0 Å². The Morgan fingerprint density at radius 2 is 1.89 bits per heavy atom. The summed E-state index contributed by atoms with van der Waals surface area (Å²) in [5, 5.41) is 3.36. The zero-order valence-corrected chi connectivity index (χ0v) is 12.4. The molecule has 18 heavy (non-hydrogen) atoms. The molecule has 0 amide bonds. The molecular weight excluding hydrogens is 224 g/mol. The van der Waals surface area contributed by atoms with E-state index < -0.39 is 0 Å². The van der Waals surface area contributed by atoms with E-state index in [0.29, 0.717) is 0 Å². The minimum absolute atomic E-state index is 0.187. The van der Waals surface area contributed by atoms with Crippen molar-refractivity contribution in [3.8, 4) is 5.75 Å². The Balaban J connectivity index is 3.11. The molecule has 0 radical (unpaired) electrons. The van der Waals surface area contributed by atoms with Gasteiger partial charge in [-0.15, -0.1) is 0 Å². The predicted octanol–water partition coefficient (Wildman–Crippen LogP) is 2.70. The number of methoxy groups -OCH3 is 1. The van der Waals surface area contributed by atoms with Gasteiger partial charge in [-0.2, -0.15) is 0 Å². The maximum absolute atomic E-state index is 6.13. The summed E-state index contributed by atoms with van der Waals surface area (Å²) in [5.74, 6) is 0.943. The van der Waals surface area contributed by atoms with E-state index in [1.807, 2.05) is 13.1 Å². The highest BCUT2D eigenvalue weighted by Crippen LogP contribution is 2.30. The number of nitrogens with one attached hydrogen (secondary N) is 1. The number of ether oxygens (including phenoxy) is 1. The Morgan fingerprint density at radius 1 is 1.28 bits per heavy atom. The zero-order valence-electron chi connectivity index (χ0n) is 12.4. The van der Waals surface area contributed by atoms with Crippen molar-refractivity contribution in [3.05, 3.63) is 28.8 Å². The molecule has 0 aliphatic rings. The minimum atomic E-state index is -0.187. The van der Waals surface area contributed by atoms with Crippen molar-refractivity contribution in [1.82, 2.24) is 5.32 Å². The number of hydrogen-bond donors (Lipinski definition) is 2. The maximum Gasteiger partial charge on any atom is 0.122 e. The lowest BCUT2D eigenvalue weighted by molar-refractivity contribution is 0.392. The fraction of sp³-hybridized carbons (Fsp3) is 0.600. The quantitative estimate of drug-likeness (QED) is 0.844. The molecule has 1 atom stereocenters. The van der Waals surface area contributed by atoms with E-state index in [1.165, 1.54) is 16.7 Å². The summed E-state index contributed by atoms with van der Waals surface area (Å²) in [6.07, 6.45) is 0.899. The molecule has 1 aromatic carbocycles. The fourth-order valence-corrected chi connectivity index (χ4v) is 2.31. The van der Waals surface area contributed by atoms with Crippen LogP contribution < -0.4 is 15.8 Å². The lowest BCUT2D eigenvalue weighted by Crippen LogP contribution is -2.37. The van der Waals surface area contributed by atoms with Gasteiger partial charge in [-0.3, -0.25) is 0 Å². The molecule has 0 aliphatic carbocycles. The summed E-state index contributed by atoms with van der Waals surface area (Å²) in [6.45, 7) is 8.35. The van der Waals surface area contributed by atoms with Crippen LogP contribution in [0.3, 0.4) is 0 Å². The van der Waals surface area contributed by atoms with Gasteiger partial charge in [0.15, 0.2) is 0 Å². The summed E-state index contributed by atoms with van der Waals surface area (Å²) < 4.78 is 5.35. The van der Waals surface area contributed by atoms with Crippen molar-refractivity contribution >= 4 is 0 Å². The SMILES string of the molecule is CNC(CC(C)(C)N)c1ccc(OC)c(C)c1C. The second-order valence-electron chi connectivity index (χ2n) is 5.64. The molecule has 0 heterocycles. The predicted molar refractivity (Wildman–Crippen MR) is 77.2 cm³/mol. The van der Waals surface area contributed by atoms with E-state index in [1.54, 1.807) is 7.11 Å². The van der Waals surface area contributed by atoms with Crippen LogP contribution in [0, 0.1) is 13.8 Å². The van der Waals surface area contributed by atoms with Gasteiger partial charge >= 0.3 is 0 Å². The number of rotatable bonds is 5. The molecule has 0 saturated carbocycles. The highest BCUT2D eigenvalue weighted by Gasteiger charge is 2.21. The van der Waals surface area contributed by atoms with Crippen LogP contribution in [0.4, 0.5) is 0 Å². The third kappa shape index (κ3) is 3.47. The molecule has 3 heteroatoms. The van der Waals surface area contributed by atoms with Gasteiger partial charge in [-0.05, 0) is 63.9 Å². The topological polar surface area (TPSA) is 47.3 Å². The van der Waals surface area contributed by atoms with Gasteiger partial charge in [0.25, 0.3) is 0 Å². The third-order valence-corrected chi connectivity index (χ3v) is 3.45. The zero-order chi connectivity index (χ0) is 13.9. The van der Waals surface area contributed by atoms with E-state index in [2.05, 4.69) is 39.1 Å². The molecular formula is C15H26N2O. The molecule has 1 aromatic rings. The molecule has 0 spiro atoms. The van der Waals surface area contributed by atoms with Gasteiger partial charge in [0.2, 0.25) is 0 Å². The van der Waals surface area contributed by atoms with E-state index in [-0.39, 0.29) is 11.6 Å². The van der Waals surface area contributed by atoms with Crippen LogP contribution in [-0.4, -0.2) is 19.7 Å². The molecule has 0 saturated heterocycles. The maximum atomic E-state index is 6.13. The molecule has 3 N–H and O–H groups in total. The lowest BCUT2D eigenvalue weighted by Gasteiger charge is -2.28. The smallest absolute Gasteiger partial charge is 0.122 e. The van der Waals surface area contributed by atoms with Crippen LogP contribution in [0.2, 0.25) is 0 Å². The first-order chi connectivity index (χ1) is 8.30. The Bertz CT molecular complexity index is 408. The van der Waals surface area contributed by atoms with Crippen molar-refractivity contribution in [1.29, 1.82) is 0 Å². The highest BCUT2D eigenvalue weighted by atomic mass is 16.5. The Hall–Kier alpha value is -1.06. The summed E-state index contributed by atoms with van der Waals surface area (Å²) in [6, 6.07) is 4.44. The molecule has 1 unspecified atom stereocenters. The summed E-state index contributed by atoms with van der Waals surface area (Å²) in [4.78, 5) is 0. The van der Waals surface area contributed by atoms with Crippen LogP contribution in [0.15, 0.2) is 12.1 Å². The summed E-state index contributed by atoms with van der Waals surface area (Å²) in [7, 11) is 3.69. The van der Waals surface area contributed by atoms with Crippen molar-refractivity contribution < 1.29 is 4.74 Å². The van der Waals surface area contributed by atoms with Gasteiger partial charge < -0.3 is 15.8 Å². The Labute approximate surface area is 111 Å². The molecule has 0 aromatic heterocycles. The van der Waals surface area contributed by atoms with Crippen molar-refractivity contribution in [2.45, 2.75) is 45.7 Å². The largest absolute Gasteiger partial charge is 0.496 e. The summed E-state index contributed by atoms with van der Waals surface area (Å²) >= 11 is 0. The normalized spacial score (nSPS) is 13.5. The van der Waals surface area contributed by atoms with Crippen LogP contribution in [0.5, 0.6) is 5.75 Å². The second-order valence-corrected chi connectivity index (χ2v) is 5.64. The third-order valence-electron chi connectivity index (χ3n) is 3.45. The number of hydrogen-bond acceptors (Lipinski definition) is 3. The number of nitrogens with two attached hydrogens (primary N) is 1. The first-order valence-corrected chi connectivity index (χ1v) is 6.40. The highest BCUT2D eigenvalue weighted by molar-refractivity contribution is 5.44. The average molecular weight is 250 g/mol. The first-order valence-electron chi connectivity index (χ1n) is 6.40.